The molecule has 7 nitrogen and oxygen atoms in total. The van der Waals surface area contributed by atoms with Crippen molar-refractivity contribution in [2.45, 2.75) is 32.3 Å². The molecule has 0 unspecified atom stereocenters. The summed E-state index contributed by atoms with van der Waals surface area (Å²) in [5, 5.41) is 11.5. The molecule has 0 aliphatic carbocycles. The molecule has 1 heterocycles. The Bertz CT molecular complexity index is 773. The summed E-state index contributed by atoms with van der Waals surface area (Å²) in [6, 6.07) is 5.86. The zero-order valence-corrected chi connectivity index (χ0v) is 15.6. The number of hydrogen-bond acceptors (Lipinski definition) is 6. The van der Waals surface area contributed by atoms with Crippen LogP contribution < -0.4 is 5.32 Å². The maximum atomic E-state index is 12.3. The van der Waals surface area contributed by atoms with Crippen LogP contribution in [0.15, 0.2) is 23.4 Å². The Morgan fingerprint density at radius 2 is 2.04 bits per heavy atom. The molecule has 0 aliphatic rings. The van der Waals surface area contributed by atoms with Crippen LogP contribution in [0.3, 0.4) is 0 Å². The molecule has 1 amide bonds. The summed E-state index contributed by atoms with van der Waals surface area (Å²) in [6.45, 7) is 6.07. The van der Waals surface area contributed by atoms with Crippen LogP contribution >= 0.6 is 11.8 Å². The van der Waals surface area contributed by atoms with Gasteiger partial charge in [0.15, 0.2) is 5.16 Å². The number of ether oxygens (including phenoxy) is 1. The fourth-order valence-electron chi connectivity index (χ4n) is 2.24. The standard InChI is InChI=1S/C17H22N4O3S/c1-5-24-16(23)10-25-17-20-19-14(21(17)4)9-15(22)18-13-7-6-11(2)8-12(13)3/h6-8H,5,9-10H2,1-4H3,(H,18,22). The van der Waals surface area contributed by atoms with Crippen LogP contribution in [0.4, 0.5) is 5.69 Å². The van der Waals surface area contributed by atoms with Gasteiger partial charge in [-0.3, -0.25) is 9.59 Å². The highest BCUT2D eigenvalue weighted by molar-refractivity contribution is 7.99. The lowest BCUT2D eigenvalue weighted by molar-refractivity contribution is -0.139. The van der Waals surface area contributed by atoms with Gasteiger partial charge in [-0.1, -0.05) is 29.5 Å². The zero-order chi connectivity index (χ0) is 18.4. The van der Waals surface area contributed by atoms with Gasteiger partial charge in [0.05, 0.1) is 18.8 Å². The van der Waals surface area contributed by atoms with Crippen LogP contribution in [0.25, 0.3) is 0 Å². The Labute approximate surface area is 151 Å². The average molecular weight is 362 g/mol. The molecule has 2 rings (SSSR count). The largest absolute Gasteiger partial charge is 0.465 e. The number of thioether (sulfide) groups is 1. The molecule has 0 atom stereocenters. The molecule has 0 radical (unpaired) electrons. The van der Waals surface area contributed by atoms with E-state index in [2.05, 4.69) is 15.5 Å². The fourth-order valence-corrected chi connectivity index (χ4v) is 2.97. The number of aromatic nitrogens is 3. The molecule has 0 spiro atoms. The Morgan fingerprint density at radius 3 is 2.72 bits per heavy atom. The smallest absolute Gasteiger partial charge is 0.316 e. The van der Waals surface area contributed by atoms with E-state index in [1.165, 1.54) is 11.8 Å². The second-order valence-electron chi connectivity index (χ2n) is 5.59. The third-order valence-corrected chi connectivity index (χ3v) is 4.52. The second-order valence-corrected chi connectivity index (χ2v) is 6.54. The lowest BCUT2D eigenvalue weighted by Gasteiger charge is -2.09. The maximum absolute atomic E-state index is 12.3. The molecule has 1 aromatic carbocycles. The third kappa shape index (κ3) is 5.32. The van der Waals surface area contributed by atoms with Crippen molar-refractivity contribution in [2.75, 3.05) is 17.7 Å². The molecule has 0 bridgehead atoms. The molecule has 25 heavy (non-hydrogen) atoms. The minimum atomic E-state index is -0.301. The quantitative estimate of drug-likeness (QED) is 0.601. The van der Waals surface area contributed by atoms with Crippen LogP contribution in [-0.2, 0) is 27.8 Å². The molecule has 1 aromatic heterocycles. The number of carbonyl (C=O) groups is 2. The van der Waals surface area contributed by atoms with Gasteiger partial charge in [0.2, 0.25) is 5.91 Å². The van der Waals surface area contributed by atoms with Gasteiger partial charge in [-0.2, -0.15) is 0 Å². The summed E-state index contributed by atoms with van der Waals surface area (Å²) in [6.07, 6.45) is 0.108. The Morgan fingerprint density at radius 1 is 1.28 bits per heavy atom. The number of nitrogens with one attached hydrogen (secondary N) is 1. The SMILES string of the molecule is CCOC(=O)CSc1nnc(CC(=O)Nc2ccc(C)cc2C)n1C. The van der Waals surface area contributed by atoms with E-state index in [0.717, 1.165) is 16.8 Å². The molecule has 0 saturated carbocycles. The van der Waals surface area contributed by atoms with Gasteiger partial charge < -0.3 is 14.6 Å². The van der Waals surface area contributed by atoms with Crippen LogP contribution in [0.1, 0.15) is 23.9 Å². The molecule has 8 heteroatoms. The van der Waals surface area contributed by atoms with Crippen molar-refractivity contribution >= 4 is 29.3 Å². The van der Waals surface area contributed by atoms with Gasteiger partial charge in [0, 0.05) is 12.7 Å². The van der Waals surface area contributed by atoms with Crippen molar-refractivity contribution in [1.82, 2.24) is 14.8 Å². The number of hydrogen-bond donors (Lipinski definition) is 1. The van der Waals surface area contributed by atoms with Crippen molar-refractivity contribution in [2.24, 2.45) is 7.05 Å². The van der Waals surface area contributed by atoms with E-state index in [-0.39, 0.29) is 24.1 Å². The number of nitrogens with zero attached hydrogens (tertiary/aromatic N) is 3. The summed E-state index contributed by atoms with van der Waals surface area (Å²) in [4.78, 5) is 23.7. The average Bonchev–Trinajstić information content (AvgIpc) is 2.89. The van der Waals surface area contributed by atoms with Gasteiger partial charge in [-0.05, 0) is 32.4 Å². The van der Waals surface area contributed by atoms with Crippen LogP contribution in [0.2, 0.25) is 0 Å². The Balaban J connectivity index is 1.96. The van der Waals surface area contributed by atoms with Crippen LogP contribution in [0.5, 0.6) is 0 Å². The van der Waals surface area contributed by atoms with E-state index in [9.17, 15) is 9.59 Å². The predicted molar refractivity (Wildman–Crippen MR) is 96.6 cm³/mol. The predicted octanol–water partition coefficient (Wildman–Crippen LogP) is 2.27. The first-order chi connectivity index (χ1) is 11.9. The summed E-state index contributed by atoms with van der Waals surface area (Å²) < 4.78 is 6.59. The molecule has 2 aromatic rings. The van der Waals surface area contributed by atoms with Crippen molar-refractivity contribution in [3.05, 3.63) is 35.2 Å². The summed E-state index contributed by atoms with van der Waals surface area (Å²) in [5.41, 5.74) is 2.94. The number of anilines is 1. The number of aryl methyl sites for hydroxylation is 2. The normalized spacial score (nSPS) is 10.6. The van der Waals surface area contributed by atoms with Crippen LogP contribution in [-0.4, -0.2) is 39.0 Å². The molecular weight excluding hydrogens is 340 g/mol. The minimum absolute atomic E-state index is 0.108. The van der Waals surface area contributed by atoms with Crippen molar-refractivity contribution < 1.29 is 14.3 Å². The molecule has 0 saturated heterocycles. The van der Waals surface area contributed by atoms with E-state index < -0.39 is 0 Å². The van der Waals surface area contributed by atoms with Crippen molar-refractivity contribution in [3.8, 4) is 0 Å². The van der Waals surface area contributed by atoms with Gasteiger partial charge in [-0.25, -0.2) is 0 Å². The topological polar surface area (TPSA) is 86.1 Å². The number of rotatable bonds is 7. The first kappa shape index (κ1) is 19.0. The van der Waals surface area contributed by atoms with Crippen molar-refractivity contribution in [1.29, 1.82) is 0 Å². The van der Waals surface area contributed by atoms with Gasteiger partial charge >= 0.3 is 5.97 Å². The van der Waals surface area contributed by atoms with Crippen LogP contribution in [0, 0.1) is 13.8 Å². The van der Waals surface area contributed by atoms with E-state index in [0.29, 0.717) is 17.6 Å². The van der Waals surface area contributed by atoms with E-state index in [4.69, 9.17) is 4.74 Å². The number of carbonyl (C=O) groups excluding carboxylic acids is 2. The highest BCUT2D eigenvalue weighted by Crippen LogP contribution is 2.18. The van der Waals surface area contributed by atoms with Gasteiger partial charge in [0.1, 0.15) is 5.82 Å². The summed E-state index contributed by atoms with van der Waals surface area (Å²) in [5.74, 6) is 0.233. The first-order valence-corrected chi connectivity index (χ1v) is 8.93. The lowest BCUT2D eigenvalue weighted by atomic mass is 10.1. The third-order valence-electron chi connectivity index (χ3n) is 3.52. The highest BCUT2D eigenvalue weighted by Gasteiger charge is 2.15. The first-order valence-electron chi connectivity index (χ1n) is 7.94. The minimum Gasteiger partial charge on any atom is -0.465 e. The van der Waals surface area contributed by atoms with E-state index in [1.807, 2.05) is 32.0 Å². The van der Waals surface area contributed by atoms with E-state index in [1.54, 1.807) is 18.5 Å². The number of benzene rings is 1. The Hall–Kier alpha value is -2.35. The molecule has 0 aliphatic heterocycles. The number of amides is 1. The number of esters is 1. The Kier molecular flexibility index (Phi) is 6.58. The van der Waals surface area contributed by atoms with Gasteiger partial charge in [0.25, 0.3) is 0 Å². The van der Waals surface area contributed by atoms with Gasteiger partial charge in [-0.15, -0.1) is 10.2 Å². The van der Waals surface area contributed by atoms with Crippen molar-refractivity contribution in [3.63, 3.8) is 0 Å². The monoisotopic (exact) mass is 362 g/mol. The summed E-state index contributed by atoms with van der Waals surface area (Å²) in [7, 11) is 1.77. The maximum Gasteiger partial charge on any atom is 0.316 e. The molecule has 1 N–H and O–H groups in total. The second kappa shape index (κ2) is 8.66. The lowest BCUT2D eigenvalue weighted by Crippen LogP contribution is -2.17. The summed E-state index contributed by atoms with van der Waals surface area (Å²) >= 11 is 1.23. The highest BCUT2D eigenvalue weighted by atomic mass is 32.2. The fraction of sp³-hybridized carbons (Fsp3) is 0.412. The van der Waals surface area contributed by atoms with E-state index >= 15 is 0 Å². The molecule has 0 fully saturated rings. The molecular formula is C17H22N4O3S. The molecule has 134 valence electrons. The zero-order valence-electron chi connectivity index (χ0n) is 14.8.